The Labute approximate surface area is 113 Å². The molecule has 0 atom stereocenters. The van der Waals surface area contributed by atoms with Crippen LogP contribution in [0.5, 0.6) is 5.75 Å². The predicted octanol–water partition coefficient (Wildman–Crippen LogP) is 1.64. The first-order chi connectivity index (χ1) is 8.93. The van der Waals surface area contributed by atoms with Crippen LogP contribution in [0.1, 0.15) is 11.1 Å². The number of hydrogen-bond acceptors (Lipinski definition) is 5. The zero-order chi connectivity index (χ0) is 14.4. The van der Waals surface area contributed by atoms with Crippen LogP contribution in [0.3, 0.4) is 0 Å². The molecule has 102 valence electrons. The number of ether oxygens (including phenoxy) is 2. The molecule has 5 nitrogen and oxygen atoms in total. The number of hydrogen-bond donors (Lipinski definition) is 1. The highest BCUT2D eigenvalue weighted by molar-refractivity contribution is 5.68. The summed E-state index contributed by atoms with van der Waals surface area (Å²) in [5.41, 5.74) is 7.84. The monoisotopic (exact) mass is 262 g/mol. The third kappa shape index (κ3) is 4.53. The summed E-state index contributed by atoms with van der Waals surface area (Å²) in [5, 5.41) is 0. The van der Waals surface area contributed by atoms with Crippen LogP contribution in [0.25, 0.3) is 0 Å². The highest BCUT2D eigenvalue weighted by atomic mass is 16.7. The topological polar surface area (TPSA) is 64.8 Å². The summed E-state index contributed by atoms with van der Waals surface area (Å²) >= 11 is 0. The van der Waals surface area contributed by atoms with Crippen molar-refractivity contribution in [3.8, 4) is 17.6 Å². The molecule has 0 spiro atoms. The van der Waals surface area contributed by atoms with E-state index in [1.165, 1.54) is 7.11 Å². The maximum atomic E-state index is 11.1. The molecule has 1 rings (SSSR count). The zero-order valence-electron chi connectivity index (χ0n) is 11.6. The van der Waals surface area contributed by atoms with E-state index in [1.807, 2.05) is 25.9 Å². The fourth-order valence-electron chi connectivity index (χ4n) is 1.35. The van der Waals surface area contributed by atoms with E-state index in [9.17, 15) is 4.79 Å². The maximum absolute atomic E-state index is 11.1. The molecule has 0 saturated carbocycles. The van der Waals surface area contributed by atoms with Crippen molar-refractivity contribution in [2.24, 2.45) is 0 Å². The van der Waals surface area contributed by atoms with E-state index in [0.717, 1.165) is 11.1 Å². The number of anilines is 1. The summed E-state index contributed by atoms with van der Waals surface area (Å²) in [6, 6.07) is 3.36. The minimum atomic E-state index is -0.769. The van der Waals surface area contributed by atoms with E-state index in [4.69, 9.17) is 10.5 Å². The van der Waals surface area contributed by atoms with E-state index in [1.54, 1.807) is 12.1 Å². The Balaban J connectivity index is 2.95. The molecule has 0 unspecified atom stereocenters. The molecule has 0 fully saturated rings. The first-order valence-electron chi connectivity index (χ1n) is 5.73. The Morgan fingerprint density at radius 2 is 2.11 bits per heavy atom. The van der Waals surface area contributed by atoms with Crippen molar-refractivity contribution >= 4 is 11.8 Å². The molecule has 0 saturated heterocycles. The lowest BCUT2D eigenvalue weighted by Crippen LogP contribution is -2.11. The van der Waals surface area contributed by atoms with Crippen molar-refractivity contribution in [2.45, 2.75) is 6.92 Å². The van der Waals surface area contributed by atoms with Crippen LogP contribution >= 0.6 is 0 Å². The van der Waals surface area contributed by atoms with Crippen molar-refractivity contribution < 1.29 is 14.3 Å². The molecular formula is C14H18N2O3. The molecule has 0 aliphatic rings. The first kappa shape index (κ1) is 14.9. The second-order valence-electron chi connectivity index (χ2n) is 4.30. The van der Waals surface area contributed by atoms with Gasteiger partial charge in [-0.1, -0.05) is 11.8 Å². The molecule has 0 amide bonds. The SMILES string of the molecule is COC(=O)Oc1cc(N)c(C#CCN(C)C)cc1C. The van der Waals surface area contributed by atoms with E-state index >= 15 is 0 Å². The number of rotatable bonds is 2. The summed E-state index contributed by atoms with van der Waals surface area (Å²) in [5.74, 6) is 6.37. The number of aryl methyl sites for hydroxylation is 1. The van der Waals surface area contributed by atoms with Crippen molar-refractivity contribution in [1.29, 1.82) is 0 Å². The van der Waals surface area contributed by atoms with Gasteiger partial charge in [-0.3, -0.25) is 4.90 Å². The van der Waals surface area contributed by atoms with Crippen LogP contribution in [-0.4, -0.2) is 38.8 Å². The van der Waals surface area contributed by atoms with Gasteiger partial charge in [0.15, 0.2) is 0 Å². The van der Waals surface area contributed by atoms with Crippen LogP contribution in [0.2, 0.25) is 0 Å². The smallest absolute Gasteiger partial charge is 0.437 e. The summed E-state index contributed by atoms with van der Waals surface area (Å²) < 4.78 is 9.41. The lowest BCUT2D eigenvalue weighted by molar-refractivity contribution is 0.121. The summed E-state index contributed by atoms with van der Waals surface area (Å²) in [6.07, 6.45) is -0.769. The van der Waals surface area contributed by atoms with Crippen LogP contribution in [0.4, 0.5) is 10.5 Å². The van der Waals surface area contributed by atoms with Crippen LogP contribution in [0.15, 0.2) is 12.1 Å². The molecule has 0 aromatic heterocycles. The van der Waals surface area contributed by atoms with Crippen LogP contribution in [0, 0.1) is 18.8 Å². The van der Waals surface area contributed by atoms with Gasteiger partial charge in [-0.15, -0.1) is 0 Å². The average molecular weight is 262 g/mol. The van der Waals surface area contributed by atoms with Crippen molar-refractivity contribution in [3.05, 3.63) is 23.3 Å². The predicted molar refractivity (Wildman–Crippen MR) is 74.1 cm³/mol. The van der Waals surface area contributed by atoms with E-state index < -0.39 is 6.16 Å². The van der Waals surface area contributed by atoms with E-state index in [-0.39, 0.29) is 0 Å². The highest BCUT2D eigenvalue weighted by Gasteiger charge is 2.09. The number of methoxy groups -OCH3 is 1. The van der Waals surface area contributed by atoms with Gasteiger partial charge in [-0.05, 0) is 32.6 Å². The average Bonchev–Trinajstić information content (AvgIpc) is 2.34. The Kier molecular flexibility index (Phi) is 5.22. The van der Waals surface area contributed by atoms with Gasteiger partial charge in [0.1, 0.15) is 5.75 Å². The van der Waals surface area contributed by atoms with Gasteiger partial charge in [0.25, 0.3) is 0 Å². The van der Waals surface area contributed by atoms with Gasteiger partial charge >= 0.3 is 6.16 Å². The lowest BCUT2D eigenvalue weighted by Gasteiger charge is -2.08. The number of nitrogens with two attached hydrogens (primary N) is 1. The Morgan fingerprint density at radius 1 is 1.42 bits per heavy atom. The third-order valence-corrected chi connectivity index (χ3v) is 2.33. The molecule has 0 radical (unpaired) electrons. The molecule has 0 bridgehead atoms. The third-order valence-electron chi connectivity index (χ3n) is 2.33. The molecular weight excluding hydrogens is 244 g/mol. The summed E-state index contributed by atoms with van der Waals surface area (Å²) in [7, 11) is 5.13. The Bertz CT molecular complexity index is 527. The summed E-state index contributed by atoms with van der Waals surface area (Å²) in [4.78, 5) is 13.0. The Morgan fingerprint density at radius 3 is 2.68 bits per heavy atom. The minimum absolute atomic E-state index is 0.377. The zero-order valence-corrected chi connectivity index (χ0v) is 11.6. The Hall–Kier alpha value is -2.19. The second kappa shape index (κ2) is 6.66. The molecule has 19 heavy (non-hydrogen) atoms. The van der Waals surface area contributed by atoms with Gasteiger partial charge in [-0.25, -0.2) is 4.79 Å². The number of benzene rings is 1. The van der Waals surface area contributed by atoms with E-state index in [0.29, 0.717) is 18.0 Å². The summed E-state index contributed by atoms with van der Waals surface area (Å²) in [6.45, 7) is 2.47. The normalized spacial score (nSPS) is 9.74. The molecule has 0 aliphatic carbocycles. The highest BCUT2D eigenvalue weighted by Crippen LogP contribution is 2.24. The van der Waals surface area contributed by atoms with Gasteiger partial charge < -0.3 is 15.2 Å². The molecule has 2 N–H and O–H groups in total. The van der Waals surface area contributed by atoms with Crippen molar-refractivity contribution in [1.82, 2.24) is 4.90 Å². The molecule has 0 heterocycles. The second-order valence-corrected chi connectivity index (χ2v) is 4.30. The standard InChI is InChI=1S/C14H18N2O3/c1-10-8-11(6-5-7-16(2)3)12(15)9-13(10)19-14(17)18-4/h8-9H,7,15H2,1-4H3. The maximum Gasteiger partial charge on any atom is 0.513 e. The van der Waals surface area contributed by atoms with Crippen LogP contribution < -0.4 is 10.5 Å². The van der Waals surface area contributed by atoms with Crippen LogP contribution in [-0.2, 0) is 4.74 Å². The fraction of sp³-hybridized carbons (Fsp3) is 0.357. The van der Waals surface area contributed by atoms with Crippen molar-refractivity contribution in [2.75, 3.05) is 33.5 Å². The van der Waals surface area contributed by atoms with Gasteiger partial charge in [0.2, 0.25) is 0 Å². The largest absolute Gasteiger partial charge is 0.513 e. The van der Waals surface area contributed by atoms with E-state index in [2.05, 4.69) is 16.6 Å². The number of nitrogens with zero attached hydrogens (tertiary/aromatic N) is 1. The van der Waals surface area contributed by atoms with Gasteiger partial charge in [0, 0.05) is 11.6 Å². The fourth-order valence-corrected chi connectivity index (χ4v) is 1.35. The van der Waals surface area contributed by atoms with Gasteiger partial charge in [0.05, 0.1) is 19.3 Å². The number of carbonyl (C=O) groups excluding carboxylic acids is 1. The first-order valence-corrected chi connectivity index (χ1v) is 5.73. The molecule has 1 aromatic carbocycles. The molecule has 0 aliphatic heterocycles. The number of nitrogen functional groups attached to an aromatic ring is 1. The van der Waals surface area contributed by atoms with Crippen molar-refractivity contribution in [3.63, 3.8) is 0 Å². The molecule has 5 heteroatoms. The number of carbonyl (C=O) groups is 1. The quantitative estimate of drug-likeness (QED) is 0.380. The van der Waals surface area contributed by atoms with Gasteiger partial charge in [-0.2, -0.15) is 0 Å². The lowest BCUT2D eigenvalue weighted by atomic mass is 10.1. The molecule has 1 aromatic rings. The minimum Gasteiger partial charge on any atom is -0.437 e.